The maximum atomic E-state index is 5.11. The largest absolute Gasteiger partial charge is 0.255 e. The van der Waals surface area contributed by atoms with Crippen LogP contribution < -0.4 is 0 Å². The number of nitrogens with zero attached hydrogens (tertiary/aromatic N) is 9. The Bertz CT molecular complexity index is 2940. The minimum Gasteiger partial charge on any atom is -0.255 e. The van der Waals surface area contributed by atoms with Crippen molar-refractivity contribution in [2.75, 3.05) is 0 Å². The molecule has 0 bridgehead atoms. The van der Waals surface area contributed by atoms with Crippen molar-refractivity contribution in [2.24, 2.45) is 0 Å². The van der Waals surface area contributed by atoms with Crippen LogP contribution in [0.25, 0.3) is 102 Å². The van der Waals surface area contributed by atoms with Gasteiger partial charge in [-0.3, -0.25) is 4.98 Å². The molecule has 10 aromatic rings. The summed E-state index contributed by atoms with van der Waals surface area (Å²) < 4.78 is 0. The van der Waals surface area contributed by atoms with Crippen LogP contribution in [-0.2, 0) is 0 Å². The minimum atomic E-state index is 0.463. The van der Waals surface area contributed by atoms with Gasteiger partial charge < -0.3 is 0 Å². The van der Waals surface area contributed by atoms with Gasteiger partial charge in [0.2, 0.25) is 0 Å². The molecule has 0 amide bonds. The second-order valence-corrected chi connectivity index (χ2v) is 13.9. The number of rotatable bonds is 9. The molecule has 282 valence electrons. The van der Waals surface area contributed by atoms with Crippen LogP contribution in [0.1, 0.15) is 0 Å². The standard InChI is InChI=1S/C51H33N9/c1-5-16-35(17-6-1)46-55-47(36-18-7-2-8-19-36)57-50(56-46)39-29-27-34(28-30-39)40-32-44(41-24-13-14-31-52-41)54-45(33-40)42-25-15-26-43(53-42)51-59-48(37-20-9-3-10-21-37)58-49(60-51)38-22-11-4-12-23-38/h1-33H. The molecule has 0 saturated heterocycles. The van der Waals surface area contributed by atoms with Crippen LogP contribution >= 0.6 is 0 Å². The van der Waals surface area contributed by atoms with E-state index in [1.165, 1.54) is 0 Å². The smallest absolute Gasteiger partial charge is 0.182 e. The fraction of sp³-hybridized carbons (Fsp3) is 0. The van der Waals surface area contributed by atoms with Gasteiger partial charge in [-0.15, -0.1) is 0 Å². The summed E-state index contributed by atoms with van der Waals surface area (Å²) in [5, 5.41) is 0. The highest BCUT2D eigenvalue weighted by molar-refractivity contribution is 5.77. The van der Waals surface area contributed by atoms with Gasteiger partial charge in [-0.25, -0.2) is 39.9 Å². The summed E-state index contributed by atoms with van der Waals surface area (Å²) in [5.74, 6) is 3.41. The Morgan fingerprint density at radius 2 is 0.550 bits per heavy atom. The molecule has 5 heterocycles. The van der Waals surface area contributed by atoms with Crippen LogP contribution in [-0.4, -0.2) is 44.9 Å². The van der Waals surface area contributed by atoms with Crippen molar-refractivity contribution >= 4 is 0 Å². The van der Waals surface area contributed by atoms with Gasteiger partial charge in [0.05, 0.1) is 22.8 Å². The predicted molar refractivity (Wildman–Crippen MR) is 236 cm³/mol. The van der Waals surface area contributed by atoms with Crippen molar-refractivity contribution in [3.05, 3.63) is 200 Å². The van der Waals surface area contributed by atoms with Crippen molar-refractivity contribution in [3.63, 3.8) is 0 Å². The topological polar surface area (TPSA) is 116 Å². The first-order chi connectivity index (χ1) is 29.7. The summed E-state index contributed by atoms with van der Waals surface area (Å²) in [6.45, 7) is 0. The van der Waals surface area contributed by atoms with Crippen molar-refractivity contribution in [1.82, 2.24) is 44.9 Å². The van der Waals surface area contributed by atoms with E-state index in [1.54, 1.807) is 6.20 Å². The Labute approximate surface area is 346 Å². The van der Waals surface area contributed by atoms with Gasteiger partial charge in [-0.2, -0.15) is 0 Å². The Morgan fingerprint density at radius 1 is 0.200 bits per heavy atom. The molecular formula is C51H33N9. The first-order valence-corrected chi connectivity index (χ1v) is 19.5. The van der Waals surface area contributed by atoms with Gasteiger partial charge in [-0.05, 0) is 47.5 Å². The van der Waals surface area contributed by atoms with E-state index in [4.69, 9.17) is 39.9 Å². The summed E-state index contributed by atoms with van der Waals surface area (Å²) >= 11 is 0. The Hall–Kier alpha value is -8.43. The molecular weight excluding hydrogens is 739 g/mol. The molecule has 0 unspecified atom stereocenters. The van der Waals surface area contributed by atoms with E-state index in [1.807, 2.05) is 170 Å². The van der Waals surface area contributed by atoms with E-state index >= 15 is 0 Å². The normalized spacial score (nSPS) is 11.0. The van der Waals surface area contributed by atoms with Crippen LogP contribution in [0.2, 0.25) is 0 Å². The summed E-state index contributed by atoms with van der Waals surface area (Å²) in [6, 6.07) is 63.8. The molecule has 0 aliphatic rings. The lowest BCUT2D eigenvalue weighted by molar-refractivity contribution is 1.06. The number of hydrogen-bond acceptors (Lipinski definition) is 9. The third-order valence-electron chi connectivity index (χ3n) is 9.87. The number of aromatic nitrogens is 9. The van der Waals surface area contributed by atoms with Crippen molar-refractivity contribution in [1.29, 1.82) is 0 Å². The highest BCUT2D eigenvalue weighted by Gasteiger charge is 2.17. The molecule has 5 aromatic heterocycles. The van der Waals surface area contributed by atoms with Crippen LogP contribution in [0.15, 0.2) is 200 Å². The molecule has 0 saturated carbocycles. The van der Waals surface area contributed by atoms with Gasteiger partial charge in [-0.1, -0.05) is 158 Å². The van der Waals surface area contributed by atoms with Crippen molar-refractivity contribution in [2.45, 2.75) is 0 Å². The minimum absolute atomic E-state index is 0.463. The van der Waals surface area contributed by atoms with E-state index in [0.717, 1.165) is 50.3 Å². The second kappa shape index (κ2) is 16.2. The number of pyridine rings is 3. The molecule has 9 heteroatoms. The molecule has 10 rings (SSSR count). The van der Waals surface area contributed by atoms with E-state index in [0.29, 0.717) is 52.0 Å². The Kier molecular flexibility index (Phi) is 9.71. The zero-order valence-electron chi connectivity index (χ0n) is 32.1. The highest BCUT2D eigenvalue weighted by Crippen LogP contribution is 2.32. The quantitative estimate of drug-likeness (QED) is 0.141. The molecule has 0 aliphatic heterocycles. The lowest BCUT2D eigenvalue weighted by atomic mass is 10.0. The van der Waals surface area contributed by atoms with E-state index in [2.05, 4.69) is 29.2 Å². The monoisotopic (exact) mass is 771 g/mol. The summed E-state index contributed by atoms with van der Waals surface area (Å²) in [7, 11) is 0. The van der Waals surface area contributed by atoms with E-state index < -0.39 is 0 Å². The molecule has 0 fully saturated rings. The summed E-state index contributed by atoms with van der Waals surface area (Å²) in [6.07, 6.45) is 1.77. The van der Waals surface area contributed by atoms with Crippen LogP contribution in [0.4, 0.5) is 0 Å². The first-order valence-electron chi connectivity index (χ1n) is 19.5. The number of hydrogen-bond donors (Lipinski definition) is 0. The van der Waals surface area contributed by atoms with E-state index in [9.17, 15) is 0 Å². The Morgan fingerprint density at radius 3 is 1.00 bits per heavy atom. The van der Waals surface area contributed by atoms with Gasteiger partial charge in [0.1, 0.15) is 5.69 Å². The van der Waals surface area contributed by atoms with Gasteiger partial charge in [0.25, 0.3) is 0 Å². The molecule has 5 aromatic carbocycles. The van der Waals surface area contributed by atoms with Crippen LogP contribution in [0.3, 0.4) is 0 Å². The third-order valence-corrected chi connectivity index (χ3v) is 9.87. The van der Waals surface area contributed by atoms with Crippen LogP contribution in [0, 0.1) is 0 Å². The molecule has 0 aliphatic carbocycles. The maximum Gasteiger partial charge on any atom is 0.182 e. The van der Waals surface area contributed by atoms with Crippen molar-refractivity contribution in [3.8, 4) is 102 Å². The zero-order valence-corrected chi connectivity index (χ0v) is 32.1. The molecule has 0 spiro atoms. The SMILES string of the molecule is c1ccc(-c2nc(-c3ccccc3)nc(-c3ccc(-c4cc(-c5ccccn5)nc(-c5cccc(-c6nc(-c7ccccc7)nc(-c7ccccc7)n6)n5)c4)cc3)n2)cc1. The molecule has 9 nitrogen and oxygen atoms in total. The molecule has 60 heavy (non-hydrogen) atoms. The summed E-state index contributed by atoms with van der Waals surface area (Å²) in [4.78, 5) is 44.2. The lowest BCUT2D eigenvalue weighted by Gasteiger charge is -2.12. The molecule has 0 atom stereocenters. The fourth-order valence-corrected chi connectivity index (χ4v) is 6.85. The lowest BCUT2D eigenvalue weighted by Crippen LogP contribution is -2.02. The third kappa shape index (κ3) is 7.66. The highest BCUT2D eigenvalue weighted by atomic mass is 15.1. The van der Waals surface area contributed by atoms with Crippen LogP contribution in [0.5, 0.6) is 0 Å². The van der Waals surface area contributed by atoms with Gasteiger partial charge in [0.15, 0.2) is 34.9 Å². The molecule has 0 N–H and O–H groups in total. The average molecular weight is 772 g/mol. The predicted octanol–water partition coefficient (Wildman–Crippen LogP) is 11.2. The first kappa shape index (κ1) is 35.9. The van der Waals surface area contributed by atoms with Gasteiger partial charge in [0, 0.05) is 34.0 Å². The Balaban J connectivity index is 1.05. The fourth-order valence-electron chi connectivity index (χ4n) is 6.85. The van der Waals surface area contributed by atoms with Gasteiger partial charge >= 0.3 is 0 Å². The second-order valence-electron chi connectivity index (χ2n) is 13.9. The maximum absolute atomic E-state index is 5.11. The average Bonchev–Trinajstić information content (AvgIpc) is 3.35. The summed E-state index contributed by atoms with van der Waals surface area (Å²) in [5.41, 5.74) is 9.82. The molecule has 0 radical (unpaired) electrons. The number of benzene rings is 5. The zero-order chi connectivity index (χ0) is 40.1. The van der Waals surface area contributed by atoms with E-state index in [-0.39, 0.29) is 0 Å². The van der Waals surface area contributed by atoms with Crippen molar-refractivity contribution < 1.29 is 0 Å².